The molecule has 2 N–H and O–H groups in total. The summed E-state index contributed by atoms with van der Waals surface area (Å²) in [5.41, 5.74) is 8.41. The van der Waals surface area contributed by atoms with Gasteiger partial charge in [0.25, 0.3) is 5.91 Å². The molecule has 2 fully saturated rings. The Hall–Kier alpha value is -2.14. The van der Waals surface area contributed by atoms with E-state index < -0.39 is 6.04 Å². The summed E-state index contributed by atoms with van der Waals surface area (Å²) >= 11 is 1.56. The average molecular weight is 326 g/mol. The Labute approximate surface area is 138 Å². The van der Waals surface area contributed by atoms with Crippen molar-refractivity contribution in [1.82, 2.24) is 4.90 Å². The molecule has 1 saturated carbocycles. The van der Waals surface area contributed by atoms with Crippen molar-refractivity contribution in [2.24, 2.45) is 17.6 Å². The average Bonchev–Trinajstić information content (AvgIpc) is 2.98. The number of hydrogen-bond acceptors (Lipinski definition) is 3. The summed E-state index contributed by atoms with van der Waals surface area (Å²) in [5.74, 6) is 0.282. The van der Waals surface area contributed by atoms with Gasteiger partial charge in [0.15, 0.2) is 0 Å². The second kappa shape index (κ2) is 5.20. The summed E-state index contributed by atoms with van der Waals surface area (Å²) in [4.78, 5) is 27.4. The number of aryl methyl sites for hydroxylation is 1. The highest BCUT2D eigenvalue weighted by Gasteiger charge is 2.56. The van der Waals surface area contributed by atoms with E-state index in [4.69, 9.17) is 5.73 Å². The van der Waals surface area contributed by atoms with Gasteiger partial charge in [-0.25, -0.2) is 0 Å². The fraction of sp³-hybridized carbons (Fsp3) is 0.333. The number of hydrogen-bond donors (Lipinski definition) is 1. The molecule has 1 aromatic heterocycles. The lowest BCUT2D eigenvalue weighted by Gasteiger charge is -2.25. The van der Waals surface area contributed by atoms with Gasteiger partial charge in [-0.15, -0.1) is 11.3 Å². The smallest absolute Gasteiger partial charge is 0.256 e. The highest BCUT2D eigenvalue weighted by Crippen LogP contribution is 2.50. The van der Waals surface area contributed by atoms with E-state index in [0.717, 1.165) is 22.4 Å². The van der Waals surface area contributed by atoms with Crippen molar-refractivity contribution >= 4 is 23.2 Å². The minimum Gasteiger partial charge on any atom is -0.368 e. The highest BCUT2D eigenvalue weighted by atomic mass is 32.1. The molecule has 2 aliphatic rings. The number of thiophene rings is 1. The van der Waals surface area contributed by atoms with E-state index in [9.17, 15) is 9.59 Å². The van der Waals surface area contributed by atoms with Crippen LogP contribution in [0.1, 0.15) is 22.3 Å². The highest BCUT2D eigenvalue weighted by molar-refractivity contribution is 7.14. The lowest BCUT2D eigenvalue weighted by atomic mass is 10.1. The van der Waals surface area contributed by atoms with Gasteiger partial charge in [0.2, 0.25) is 5.91 Å². The Morgan fingerprint density at radius 1 is 1.30 bits per heavy atom. The van der Waals surface area contributed by atoms with Gasteiger partial charge < -0.3 is 10.6 Å². The van der Waals surface area contributed by atoms with Gasteiger partial charge >= 0.3 is 0 Å². The number of nitrogens with zero attached hydrogens (tertiary/aromatic N) is 1. The van der Waals surface area contributed by atoms with Crippen LogP contribution in [0.5, 0.6) is 0 Å². The van der Waals surface area contributed by atoms with Crippen molar-refractivity contribution in [3.8, 4) is 10.4 Å². The van der Waals surface area contributed by atoms with Crippen molar-refractivity contribution < 1.29 is 9.59 Å². The van der Waals surface area contributed by atoms with Gasteiger partial charge in [-0.3, -0.25) is 9.59 Å². The minimum atomic E-state index is -0.433. The summed E-state index contributed by atoms with van der Waals surface area (Å²) in [6.45, 7) is 2.69. The first kappa shape index (κ1) is 14.5. The van der Waals surface area contributed by atoms with Crippen molar-refractivity contribution in [3.63, 3.8) is 0 Å². The second-order valence-electron chi connectivity index (χ2n) is 6.50. The Kier molecular flexibility index (Phi) is 3.27. The van der Waals surface area contributed by atoms with Crippen LogP contribution in [0.4, 0.5) is 0 Å². The predicted molar refractivity (Wildman–Crippen MR) is 90.1 cm³/mol. The number of piperidine rings is 1. The zero-order valence-corrected chi connectivity index (χ0v) is 13.7. The van der Waals surface area contributed by atoms with E-state index in [1.165, 1.54) is 0 Å². The molecule has 2 heterocycles. The molecule has 1 aliphatic heterocycles. The normalized spacial score (nSPS) is 25.3. The van der Waals surface area contributed by atoms with Crippen LogP contribution in [0.2, 0.25) is 0 Å². The summed E-state index contributed by atoms with van der Waals surface area (Å²) in [5, 5.41) is 1.93. The molecule has 2 unspecified atom stereocenters. The van der Waals surface area contributed by atoms with Crippen molar-refractivity contribution in [1.29, 1.82) is 0 Å². The molecule has 3 atom stereocenters. The molecule has 0 spiro atoms. The molecule has 2 aromatic rings. The van der Waals surface area contributed by atoms with Gasteiger partial charge in [-0.05, 0) is 42.2 Å². The van der Waals surface area contributed by atoms with Gasteiger partial charge in [0, 0.05) is 11.4 Å². The topological polar surface area (TPSA) is 63.4 Å². The fourth-order valence-electron chi connectivity index (χ4n) is 3.68. The molecule has 23 heavy (non-hydrogen) atoms. The molecular weight excluding hydrogens is 308 g/mol. The number of rotatable bonds is 3. The monoisotopic (exact) mass is 326 g/mol. The van der Waals surface area contributed by atoms with E-state index in [1.807, 2.05) is 36.6 Å². The number of primary amides is 1. The number of amides is 2. The molecule has 4 rings (SSSR count). The molecule has 0 radical (unpaired) electrons. The Morgan fingerprint density at radius 3 is 2.87 bits per heavy atom. The molecular formula is C18H18N2O2S. The third-order valence-electron chi connectivity index (χ3n) is 4.88. The largest absolute Gasteiger partial charge is 0.368 e. The summed E-state index contributed by atoms with van der Waals surface area (Å²) in [7, 11) is 0. The maximum atomic E-state index is 13.0. The molecule has 1 saturated heterocycles. The third kappa shape index (κ3) is 2.36. The van der Waals surface area contributed by atoms with Crippen LogP contribution >= 0.6 is 11.3 Å². The number of carbonyl (C=O) groups excluding carboxylic acids is 2. The first-order chi connectivity index (χ1) is 11.1. The van der Waals surface area contributed by atoms with Crippen LogP contribution in [0.15, 0.2) is 35.7 Å². The lowest BCUT2D eigenvalue weighted by molar-refractivity contribution is -0.122. The number of carbonyl (C=O) groups is 2. The van der Waals surface area contributed by atoms with Crippen LogP contribution in [-0.2, 0) is 4.79 Å². The lowest BCUT2D eigenvalue weighted by Crippen LogP contribution is -2.46. The van der Waals surface area contributed by atoms with Crippen LogP contribution in [0.3, 0.4) is 0 Å². The minimum absolute atomic E-state index is 0.0706. The quantitative estimate of drug-likeness (QED) is 0.942. The number of likely N-dealkylation sites (tertiary alicyclic amines) is 1. The summed E-state index contributed by atoms with van der Waals surface area (Å²) in [6.07, 6.45) is 1.02. The van der Waals surface area contributed by atoms with E-state index in [1.54, 1.807) is 16.2 Å². The standard InChI is InChI=1S/C18H18N2O2S/c1-10-3-2-4-11(7-10)16-13(5-6-23-16)18(22)20-9-12-8-14(12)15(20)17(19)21/h2-7,12,14-15H,8-9H2,1H3,(H2,19,21)/t12?,14-,15?/m0/s1. The Morgan fingerprint density at radius 2 is 2.13 bits per heavy atom. The number of nitrogens with two attached hydrogens (primary N) is 1. The maximum absolute atomic E-state index is 13.0. The Balaban J connectivity index is 1.68. The van der Waals surface area contributed by atoms with Gasteiger partial charge in [0.05, 0.1) is 5.56 Å². The molecule has 1 aromatic carbocycles. The molecule has 5 heteroatoms. The van der Waals surface area contributed by atoms with Crippen LogP contribution in [-0.4, -0.2) is 29.3 Å². The van der Waals surface area contributed by atoms with Crippen molar-refractivity contribution in [2.75, 3.05) is 6.54 Å². The van der Waals surface area contributed by atoms with Crippen LogP contribution < -0.4 is 5.73 Å². The second-order valence-corrected chi connectivity index (χ2v) is 7.41. The zero-order chi connectivity index (χ0) is 16.1. The first-order valence-corrected chi connectivity index (χ1v) is 8.69. The third-order valence-corrected chi connectivity index (χ3v) is 5.84. The molecule has 118 valence electrons. The van der Waals surface area contributed by atoms with E-state index in [0.29, 0.717) is 18.0 Å². The molecule has 2 amide bonds. The van der Waals surface area contributed by atoms with Crippen LogP contribution in [0, 0.1) is 18.8 Å². The van der Waals surface area contributed by atoms with Crippen LogP contribution in [0.25, 0.3) is 10.4 Å². The van der Waals surface area contributed by atoms with Crippen molar-refractivity contribution in [2.45, 2.75) is 19.4 Å². The predicted octanol–water partition coefficient (Wildman–Crippen LogP) is 2.67. The Bertz CT molecular complexity index is 798. The van der Waals surface area contributed by atoms with Gasteiger partial charge in [0.1, 0.15) is 6.04 Å². The molecule has 0 bridgehead atoms. The van der Waals surface area contributed by atoms with Gasteiger partial charge in [-0.1, -0.05) is 29.8 Å². The fourth-order valence-corrected chi connectivity index (χ4v) is 4.57. The zero-order valence-electron chi connectivity index (χ0n) is 12.9. The molecule has 4 nitrogen and oxygen atoms in total. The summed E-state index contributed by atoms with van der Waals surface area (Å²) < 4.78 is 0. The van der Waals surface area contributed by atoms with Gasteiger partial charge in [-0.2, -0.15) is 0 Å². The SMILES string of the molecule is Cc1cccc(-c2sccc2C(=O)N2CC3C[C@@H]3C2C(N)=O)c1. The summed E-state index contributed by atoms with van der Waals surface area (Å²) in [6, 6.07) is 9.55. The number of fused-ring (bicyclic) bond motifs is 1. The molecule has 1 aliphatic carbocycles. The first-order valence-electron chi connectivity index (χ1n) is 7.81. The van der Waals surface area contributed by atoms with E-state index in [2.05, 4.69) is 6.07 Å². The van der Waals surface area contributed by atoms with E-state index >= 15 is 0 Å². The maximum Gasteiger partial charge on any atom is 0.256 e. The van der Waals surface area contributed by atoms with E-state index in [-0.39, 0.29) is 17.7 Å². The van der Waals surface area contributed by atoms with Crippen molar-refractivity contribution in [3.05, 3.63) is 46.8 Å². The number of benzene rings is 1.